The van der Waals surface area contributed by atoms with Crippen LogP contribution in [0.1, 0.15) is 16.1 Å². The first-order valence-corrected chi connectivity index (χ1v) is 10.4. The van der Waals surface area contributed by atoms with E-state index in [1.165, 1.54) is 35.3 Å². The summed E-state index contributed by atoms with van der Waals surface area (Å²) in [4.78, 5) is 31.9. The Balaban J connectivity index is 1.52. The van der Waals surface area contributed by atoms with E-state index in [-0.39, 0.29) is 11.3 Å². The van der Waals surface area contributed by atoms with Crippen molar-refractivity contribution in [2.45, 2.75) is 6.92 Å². The number of aryl methyl sites for hydroxylation is 1. The number of benzene rings is 2. The van der Waals surface area contributed by atoms with E-state index in [0.717, 1.165) is 5.69 Å². The largest absolute Gasteiger partial charge is 0.306 e. The predicted molar refractivity (Wildman–Crippen MR) is 125 cm³/mol. The Hall–Kier alpha value is -4.64. The lowest BCUT2D eigenvalue weighted by atomic mass is 10.2. The lowest BCUT2D eigenvalue weighted by Gasteiger charge is -2.09. The number of nitro benzene ring substituents is 1. The number of carbonyl (C=O) groups is 1. The molecule has 5 rings (SSSR count). The van der Waals surface area contributed by atoms with Crippen LogP contribution in [0.4, 0.5) is 11.5 Å². The normalized spacial score (nSPS) is 11.0. The summed E-state index contributed by atoms with van der Waals surface area (Å²) in [5.74, 6) is 0.345. The number of aromatic nitrogens is 6. The highest BCUT2D eigenvalue weighted by Gasteiger charge is 2.18. The molecule has 3 heterocycles. The van der Waals surface area contributed by atoms with Crippen molar-refractivity contribution in [2.75, 3.05) is 5.32 Å². The molecule has 1 N–H and O–H groups in total. The number of amides is 1. The first kappa shape index (κ1) is 21.2. The van der Waals surface area contributed by atoms with Gasteiger partial charge in [0, 0.05) is 28.8 Å². The molecule has 0 aliphatic rings. The van der Waals surface area contributed by atoms with Gasteiger partial charge in [-0.15, -0.1) is 0 Å². The molecule has 0 saturated carbocycles. The van der Waals surface area contributed by atoms with Gasteiger partial charge in [0.15, 0.2) is 11.5 Å². The van der Waals surface area contributed by atoms with Gasteiger partial charge in [-0.05, 0) is 37.3 Å². The van der Waals surface area contributed by atoms with E-state index in [9.17, 15) is 14.9 Å². The molecule has 0 saturated heterocycles. The van der Waals surface area contributed by atoms with Crippen LogP contribution in [0.5, 0.6) is 0 Å². The molecule has 0 radical (unpaired) electrons. The Labute approximate surface area is 196 Å². The minimum atomic E-state index is -0.524. The van der Waals surface area contributed by atoms with E-state index in [1.807, 2.05) is 12.1 Å². The number of fused-ring (bicyclic) bond motifs is 1. The highest BCUT2D eigenvalue weighted by atomic mass is 35.5. The monoisotopic (exact) mass is 474 g/mol. The third kappa shape index (κ3) is 3.84. The average molecular weight is 475 g/mol. The Bertz CT molecular complexity index is 1560. The summed E-state index contributed by atoms with van der Waals surface area (Å²) in [6.45, 7) is 1.78. The fourth-order valence-electron chi connectivity index (χ4n) is 3.47. The van der Waals surface area contributed by atoms with Crippen molar-refractivity contribution in [3.63, 3.8) is 0 Å². The average Bonchev–Trinajstić information content (AvgIpc) is 3.42. The second kappa shape index (κ2) is 8.37. The molecule has 34 heavy (non-hydrogen) atoms. The summed E-state index contributed by atoms with van der Waals surface area (Å²) in [6.07, 6.45) is 3.00. The molecular weight excluding hydrogens is 460 g/mol. The molecule has 0 aliphatic heterocycles. The number of nitrogens with one attached hydrogen (secondary N) is 1. The lowest BCUT2D eigenvalue weighted by Crippen LogP contribution is -2.15. The van der Waals surface area contributed by atoms with Crippen molar-refractivity contribution in [3.05, 3.63) is 93.5 Å². The van der Waals surface area contributed by atoms with E-state index in [1.54, 1.807) is 36.0 Å². The molecule has 0 aliphatic carbocycles. The van der Waals surface area contributed by atoms with Crippen LogP contribution >= 0.6 is 11.6 Å². The Morgan fingerprint density at radius 3 is 2.62 bits per heavy atom. The third-order valence-electron chi connectivity index (χ3n) is 5.01. The van der Waals surface area contributed by atoms with Crippen LogP contribution in [0.2, 0.25) is 5.02 Å². The summed E-state index contributed by atoms with van der Waals surface area (Å²) in [6, 6.07) is 14.2. The van der Waals surface area contributed by atoms with Crippen LogP contribution in [0.3, 0.4) is 0 Å². The maximum Gasteiger partial charge on any atom is 0.269 e. The van der Waals surface area contributed by atoms with Crippen LogP contribution in [0.15, 0.2) is 67.1 Å². The van der Waals surface area contributed by atoms with Crippen molar-refractivity contribution in [1.82, 2.24) is 29.5 Å². The first-order valence-electron chi connectivity index (χ1n) is 9.98. The number of nitro groups is 1. The number of non-ortho nitro benzene ring substituents is 1. The van der Waals surface area contributed by atoms with Crippen molar-refractivity contribution in [1.29, 1.82) is 0 Å². The van der Waals surface area contributed by atoms with Crippen LogP contribution in [0.25, 0.3) is 22.5 Å². The second-order valence-corrected chi connectivity index (χ2v) is 7.75. The van der Waals surface area contributed by atoms with Crippen molar-refractivity contribution in [2.24, 2.45) is 0 Å². The standard InChI is InChI=1S/C22H15ClN8O3/c1-13-9-19(27-22(32)14-5-7-16(8-6-14)31(33)34)30(28-13)21-18-11-26-29(20(18)24-12-25-21)17-4-2-3-15(23)10-17/h2-12H,1H3,(H,27,32). The van der Waals surface area contributed by atoms with Crippen LogP contribution in [-0.2, 0) is 0 Å². The van der Waals surface area contributed by atoms with Gasteiger partial charge in [0.1, 0.15) is 12.1 Å². The molecule has 168 valence electrons. The number of hydrogen-bond acceptors (Lipinski definition) is 7. The summed E-state index contributed by atoms with van der Waals surface area (Å²) in [5, 5.41) is 23.7. The second-order valence-electron chi connectivity index (χ2n) is 7.31. The minimum absolute atomic E-state index is 0.0995. The minimum Gasteiger partial charge on any atom is -0.306 e. The maximum absolute atomic E-state index is 12.8. The highest BCUT2D eigenvalue weighted by molar-refractivity contribution is 6.30. The van der Waals surface area contributed by atoms with E-state index >= 15 is 0 Å². The molecule has 0 bridgehead atoms. The zero-order valence-electron chi connectivity index (χ0n) is 17.6. The van der Waals surface area contributed by atoms with E-state index in [0.29, 0.717) is 33.4 Å². The fourth-order valence-corrected chi connectivity index (χ4v) is 3.65. The van der Waals surface area contributed by atoms with Crippen LogP contribution < -0.4 is 5.32 Å². The number of carbonyl (C=O) groups excluding carboxylic acids is 1. The molecule has 0 unspecified atom stereocenters. The number of hydrogen-bond donors (Lipinski definition) is 1. The maximum atomic E-state index is 12.8. The number of halogens is 1. The van der Waals surface area contributed by atoms with Gasteiger partial charge >= 0.3 is 0 Å². The van der Waals surface area contributed by atoms with Gasteiger partial charge in [0.25, 0.3) is 11.6 Å². The zero-order chi connectivity index (χ0) is 23.8. The highest BCUT2D eigenvalue weighted by Crippen LogP contribution is 2.25. The number of anilines is 1. The first-order chi connectivity index (χ1) is 16.4. The van der Waals surface area contributed by atoms with Crippen molar-refractivity contribution in [3.8, 4) is 11.5 Å². The molecule has 2 aromatic carbocycles. The predicted octanol–water partition coefficient (Wildman–Crippen LogP) is 4.12. The summed E-state index contributed by atoms with van der Waals surface area (Å²) >= 11 is 6.13. The molecule has 12 heteroatoms. The lowest BCUT2D eigenvalue weighted by molar-refractivity contribution is -0.384. The Kier molecular flexibility index (Phi) is 5.22. The third-order valence-corrected chi connectivity index (χ3v) is 5.25. The topological polar surface area (TPSA) is 134 Å². The fraction of sp³-hybridized carbons (Fsp3) is 0.0455. The van der Waals surface area contributed by atoms with E-state index in [4.69, 9.17) is 11.6 Å². The Morgan fingerprint density at radius 1 is 1.09 bits per heavy atom. The van der Waals surface area contributed by atoms with Gasteiger partial charge in [-0.3, -0.25) is 14.9 Å². The van der Waals surface area contributed by atoms with Crippen LogP contribution in [-0.4, -0.2) is 40.4 Å². The molecule has 3 aromatic heterocycles. The van der Waals surface area contributed by atoms with Crippen LogP contribution in [0, 0.1) is 17.0 Å². The van der Waals surface area contributed by atoms with Gasteiger partial charge in [-0.1, -0.05) is 17.7 Å². The molecule has 1 amide bonds. The summed E-state index contributed by atoms with van der Waals surface area (Å²) in [5.41, 5.74) is 2.08. The smallest absolute Gasteiger partial charge is 0.269 e. The molecular formula is C22H15ClN8O3. The zero-order valence-corrected chi connectivity index (χ0v) is 18.3. The summed E-state index contributed by atoms with van der Waals surface area (Å²) < 4.78 is 3.13. The molecule has 11 nitrogen and oxygen atoms in total. The number of rotatable bonds is 5. The van der Waals surface area contributed by atoms with Gasteiger partial charge in [0.05, 0.1) is 27.9 Å². The molecule has 0 spiro atoms. The van der Waals surface area contributed by atoms with Gasteiger partial charge in [-0.25, -0.2) is 14.6 Å². The number of nitrogens with zero attached hydrogens (tertiary/aromatic N) is 7. The summed E-state index contributed by atoms with van der Waals surface area (Å²) in [7, 11) is 0. The van der Waals surface area contributed by atoms with Gasteiger partial charge in [-0.2, -0.15) is 14.9 Å². The Morgan fingerprint density at radius 2 is 1.88 bits per heavy atom. The van der Waals surface area contributed by atoms with Crippen molar-refractivity contribution < 1.29 is 9.72 Å². The molecule has 5 aromatic rings. The van der Waals surface area contributed by atoms with Gasteiger partial charge < -0.3 is 5.32 Å². The molecule has 0 atom stereocenters. The SMILES string of the molecule is Cc1cc(NC(=O)c2ccc([N+](=O)[O-])cc2)n(-c2ncnc3c2cnn3-c2cccc(Cl)c2)n1. The quantitative estimate of drug-likeness (QED) is 0.299. The van der Waals surface area contributed by atoms with Gasteiger partial charge in [0.2, 0.25) is 0 Å². The van der Waals surface area contributed by atoms with Crippen molar-refractivity contribution >= 4 is 40.0 Å². The van der Waals surface area contributed by atoms with E-state index in [2.05, 4.69) is 25.5 Å². The van der Waals surface area contributed by atoms with E-state index < -0.39 is 10.8 Å². The molecule has 0 fully saturated rings.